The molecule has 2 rings (SSSR count). The number of rotatable bonds is 5. The molecule has 0 unspecified atom stereocenters. The molecule has 0 spiro atoms. The molecule has 1 aromatic carbocycles. The van der Waals surface area contributed by atoms with Crippen molar-refractivity contribution in [3.05, 3.63) is 23.5 Å². The van der Waals surface area contributed by atoms with E-state index in [-0.39, 0.29) is 30.1 Å². The van der Waals surface area contributed by atoms with Crippen molar-refractivity contribution in [2.75, 3.05) is 17.2 Å². The minimum atomic E-state index is -0.416. The van der Waals surface area contributed by atoms with Crippen molar-refractivity contribution in [2.45, 2.75) is 39.2 Å². The number of halogens is 1. The van der Waals surface area contributed by atoms with E-state index in [1.54, 1.807) is 0 Å². The highest BCUT2D eigenvalue weighted by atomic mass is 19.1. The van der Waals surface area contributed by atoms with E-state index in [4.69, 9.17) is 0 Å². The predicted molar refractivity (Wildman–Crippen MR) is 79.7 cm³/mol. The summed E-state index contributed by atoms with van der Waals surface area (Å²) in [6, 6.07) is 3.04. The number of fused-ring (bicyclic) bond motifs is 1. The van der Waals surface area contributed by atoms with E-state index in [0.29, 0.717) is 18.5 Å². The van der Waals surface area contributed by atoms with Gasteiger partial charge in [-0.05, 0) is 37.5 Å². The number of nitrogens with one attached hydrogen (secondary N) is 3. The van der Waals surface area contributed by atoms with Gasteiger partial charge in [0.25, 0.3) is 0 Å². The van der Waals surface area contributed by atoms with Crippen LogP contribution >= 0.6 is 0 Å². The minimum Gasteiger partial charge on any atom is -0.374 e. The monoisotopic (exact) mass is 293 g/mol. The second-order valence-corrected chi connectivity index (χ2v) is 5.27. The fourth-order valence-corrected chi connectivity index (χ4v) is 2.14. The summed E-state index contributed by atoms with van der Waals surface area (Å²) in [6.45, 7) is 3.88. The standard InChI is InChI=1S/C15H20FN3O2/c1-3-9(2)18-15(21)8-17-13-7-12-10(6-11(13)16)4-5-14(20)19-12/h6-7,9,17H,3-5,8H2,1-2H3,(H,18,21)(H,19,20)/t9-/m1/s1. The highest BCUT2D eigenvalue weighted by Gasteiger charge is 2.17. The van der Waals surface area contributed by atoms with Gasteiger partial charge in [0.05, 0.1) is 12.2 Å². The Morgan fingerprint density at radius 2 is 2.19 bits per heavy atom. The maximum atomic E-state index is 13.9. The lowest BCUT2D eigenvalue weighted by molar-refractivity contribution is -0.120. The second-order valence-electron chi connectivity index (χ2n) is 5.27. The molecule has 1 heterocycles. The van der Waals surface area contributed by atoms with Crippen LogP contribution in [-0.4, -0.2) is 24.4 Å². The molecule has 0 fully saturated rings. The quantitative estimate of drug-likeness (QED) is 0.778. The van der Waals surface area contributed by atoms with Crippen molar-refractivity contribution in [1.29, 1.82) is 0 Å². The molecule has 114 valence electrons. The highest BCUT2D eigenvalue weighted by Crippen LogP contribution is 2.28. The third kappa shape index (κ3) is 3.93. The van der Waals surface area contributed by atoms with E-state index < -0.39 is 5.82 Å². The molecule has 1 aromatic rings. The zero-order chi connectivity index (χ0) is 15.4. The third-order valence-corrected chi connectivity index (χ3v) is 3.55. The van der Waals surface area contributed by atoms with Crippen molar-refractivity contribution in [3.8, 4) is 0 Å². The summed E-state index contributed by atoms with van der Waals surface area (Å²) < 4.78 is 13.9. The molecule has 0 saturated heterocycles. The number of amides is 2. The molecule has 1 aliphatic heterocycles. The van der Waals surface area contributed by atoms with Crippen LogP contribution in [0.4, 0.5) is 15.8 Å². The molecule has 6 heteroatoms. The topological polar surface area (TPSA) is 70.2 Å². The number of carbonyl (C=O) groups excluding carboxylic acids is 2. The maximum absolute atomic E-state index is 13.9. The molecule has 21 heavy (non-hydrogen) atoms. The largest absolute Gasteiger partial charge is 0.374 e. The Kier molecular flexibility index (Phi) is 4.77. The molecule has 2 amide bonds. The van der Waals surface area contributed by atoms with E-state index in [9.17, 15) is 14.0 Å². The van der Waals surface area contributed by atoms with Crippen LogP contribution in [0, 0.1) is 5.82 Å². The number of anilines is 2. The van der Waals surface area contributed by atoms with Crippen LogP contribution in [0.25, 0.3) is 0 Å². The predicted octanol–water partition coefficient (Wildman–Crippen LogP) is 2.04. The van der Waals surface area contributed by atoms with Crippen LogP contribution in [-0.2, 0) is 16.0 Å². The number of carbonyl (C=O) groups is 2. The van der Waals surface area contributed by atoms with Crippen molar-refractivity contribution < 1.29 is 14.0 Å². The molecule has 1 atom stereocenters. The van der Waals surface area contributed by atoms with Crippen LogP contribution < -0.4 is 16.0 Å². The van der Waals surface area contributed by atoms with Crippen LogP contribution in [0.5, 0.6) is 0 Å². The van der Waals surface area contributed by atoms with Crippen LogP contribution in [0.15, 0.2) is 12.1 Å². The number of aryl methyl sites for hydroxylation is 1. The number of hydrogen-bond acceptors (Lipinski definition) is 3. The molecular formula is C15H20FN3O2. The molecule has 0 saturated carbocycles. The SMILES string of the molecule is CC[C@@H](C)NC(=O)CNc1cc2c(cc1F)CCC(=O)N2. The van der Waals surface area contributed by atoms with Gasteiger partial charge in [-0.2, -0.15) is 0 Å². The summed E-state index contributed by atoms with van der Waals surface area (Å²) >= 11 is 0. The highest BCUT2D eigenvalue weighted by molar-refractivity contribution is 5.94. The Morgan fingerprint density at radius 1 is 1.43 bits per heavy atom. The lowest BCUT2D eigenvalue weighted by Crippen LogP contribution is -2.36. The Bertz CT molecular complexity index is 560. The van der Waals surface area contributed by atoms with Gasteiger partial charge >= 0.3 is 0 Å². The van der Waals surface area contributed by atoms with Gasteiger partial charge in [0, 0.05) is 18.2 Å². The lowest BCUT2D eigenvalue weighted by atomic mass is 10.0. The summed E-state index contributed by atoms with van der Waals surface area (Å²) in [5, 5.41) is 8.27. The molecule has 0 radical (unpaired) electrons. The van der Waals surface area contributed by atoms with Crippen LogP contribution in [0.1, 0.15) is 32.3 Å². The van der Waals surface area contributed by atoms with Gasteiger partial charge in [-0.15, -0.1) is 0 Å². The Morgan fingerprint density at radius 3 is 2.90 bits per heavy atom. The van der Waals surface area contributed by atoms with Crippen molar-refractivity contribution >= 4 is 23.2 Å². The zero-order valence-corrected chi connectivity index (χ0v) is 12.3. The van der Waals surface area contributed by atoms with E-state index in [1.807, 2.05) is 13.8 Å². The first-order chi connectivity index (χ1) is 9.99. The number of hydrogen-bond donors (Lipinski definition) is 3. The molecule has 5 nitrogen and oxygen atoms in total. The van der Waals surface area contributed by atoms with Crippen molar-refractivity contribution in [3.63, 3.8) is 0 Å². The summed E-state index contributed by atoms with van der Waals surface area (Å²) in [5.74, 6) is -0.679. The number of benzene rings is 1. The summed E-state index contributed by atoms with van der Waals surface area (Å²) in [5.41, 5.74) is 1.61. The van der Waals surface area contributed by atoms with E-state index >= 15 is 0 Å². The first-order valence-corrected chi connectivity index (χ1v) is 7.15. The fourth-order valence-electron chi connectivity index (χ4n) is 2.14. The van der Waals surface area contributed by atoms with Gasteiger partial charge in [-0.3, -0.25) is 9.59 Å². The summed E-state index contributed by atoms with van der Waals surface area (Å²) in [4.78, 5) is 23.0. The average molecular weight is 293 g/mol. The van der Waals surface area contributed by atoms with E-state index in [1.165, 1.54) is 12.1 Å². The van der Waals surface area contributed by atoms with Crippen molar-refractivity contribution in [2.24, 2.45) is 0 Å². The Labute approximate surface area is 123 Å². The zero-order valence-electron chi connectivity index (χ0n) is 12.3. The molecule has 0 aliphatic carbocycles. The van der Waals surface area contributed by atoms with Gasteiger partial charge in [-0.1, -0.05) is 6.92 Å². The second kappa shape index (κ2) is 6.56. The Hall–Kier alpha value is -2.11. The first-order valence-electron chi connectivity index (χ1n) is 7.15. The lowest BCUT2D eigenvalue weighted by Gasteiger charge is -2.19. The van der Waals surface area contributed by atoms with E-state index in [2.05, 4.69) is 16.0 Å². The van der Waals surface area contributed by atoms with Gasteiger partial charge in [0.15, 0.2) is 0 Å². The fraction of sp³-hybridized carbons (Fsp3) is 0.467. The molecular weight excluding hydrogens is 273 g/mol. The molecule has 0 bridgehead atoms. The van der Waals surface area contributed by atoms with Crippen LogP contribution in [0.3, 0.4) is 0 Å². The normalized spacial score (nSPS) is 14.9. The Balaban J connectivity index is 2.02. The van der Waals surface area contributed by atoms with Gasteiger partial charge in [0.2, 0.25) is 11.8 Å². The molecule has 3 N–H and O–H groups in total. The first kappa shape index (κ1) is 15.3. The minimum absolute atomic E-state index is 0.00596. The van der Waals surface area contributed by atoms with Crippen LogP contribution in [0.2, 0.25) is 0 Å². The van der Waals surface area contributed by atoms with Gasteiger partial charge < -0.3 is 16.0 Å². The third-order valence-electron chi connectivity index (χ3n) is 3.55. The van der Waals surface area contributed by atoms with Gasteiger partial charge in [-0.25, -0.2) is 4.39 Å². The molecule has 0 aromatic heterocycles. The summed E-state index contributed by atoms with van der Waals surface area (Å²) in [6.07, 6.45) is 1.74. The van der Waals surface area contributed by atoms with Crippen molar-refractivity contribution in [1.82, 2.24) is 5.32 Å². The van der Waals surface area contributed by atoms with Gasteiger partial charge in [0.1, 0.15) is 5.82 Å². The average Bonchev–Trinajstić information content (AvgIpc) is 2.45. The van der Waals surface area contributed by atoms with E-state index in [0.717, 1.165) is 12.0 Å². The smallest absolute Gasteiger partial charge is 0.239 e. The maximum Gasteiger partial charge on any atom is 0.239 e. The molecule has 1 aliphatic rings. The summed E-state index contributed by atoms with van der Waals surface area (Å²) in [7, 11) is 0.